The van der Waals surface area contributed by atoms with Gasteiger partial charge in [0.2, 0.25) is 0 Å². The molecule has 1 aromatic carbocycles. The third-order valence-electron chi connectivity index (χ3n) is 3.29. The lowest BCUT2D eigenvalue weighted by atomic mass is 10.1. The van der Waals surface area contributed by atoms with Crippen molar-refractivity contribution >= 4 is 5.82 Å². The van der Waals surface area contributed by atoms with E-state index in [0.29, 0.717) is 18.6 Å². The van der Waals surface area contributed by atoms with Crippen LogP contribution in [0.15, 0.2) is 24.3 Å². The predicted octanol–water partition coefficient (Wildman–Crippen LogP) is 3.06. The Labute approximate surface area is 122 Å². The Morgan fingerprint density at radius 1 is 1.33 bits per heavy atom. The van der Waals surface area contributed by atoms with Gasteiger partial charge in [-0.3, -0.25) is 4.68 Å². The topological polar surface area (TPSA) is 39.1 Å². The second-order valence-corrected chi connectivity index (χ2v) is 4.92. The van der Waals surface area contributed by atoms with E-state index >= 15 is 0 Å². The molecule has 2 rings (SSSR count). The SMILES string of the molecule is COCCc1cc(N[C@@H](C)c2ccc(F)cc2F)n(C)n1. The molecule has 0 unspecified atom stereocenters. The summed E-state index contributed by atoms with van der Waals surface area (Å²) in [4.78, 5) is 0. The van der Waals surface area contributed by atoms with Gasteiger partial charge >= 0.3 is 0 Å². The summed E-state index contributed by atoms with van der Waals surface area (Å²) in [6, 6.07) is 5.20. The highest BCUT2D eigenvalue weighted by Gasteiger charge is 2.14. The summed E-state index contributed by atoms with van der Waals surface area (Å²) in [6.45, 7) is 2.41. The van der Waals surface area contributed by atoms with Crippen molar-refractivity contribution in [1.82, 2.24) is 9.78 Å². The maximum Gasteiger partial charge on any atom is 0.131 e. The van der Waals surface area contributed by atoms with E-state index in [1.807, 2.05) is 20.0 Å². The molecule has 21 heavy (non-hydrogen) atoms. The van der Waals surface area contributed by atoms with Gasteiger partial charge in [0.1, 0.15) is 17.5 Å². The minimum atomic E-state index is -0.578. The quantitative estimate of drug-likeness (QED) is 0.890. The highest BCUT2D eigenvalue weighted by molar-refractivity contribution is 5.40. The summed E-state index contributed by atoms with van der Waals surface area (Å²) in [5.74, 6) is -0.361. The molecule has 1 heterocycles. The van der Waals surface area contributed by atoms with Crippen molar-refractivity contribution in [3.8, 4) is 0 Å². The van der Waals surface area contributed by atoms with Crippen molar-refractivity contribution in [2.75, 3.05) is 19.0 Å². The predicted molar refractivity (Wildman–Crippen MR) is 77.2 cm³/mol. The van der Waals surface area contributed by atoms with Gasteiger partial charge in [-0.2, -0.15) is 5.10 Å². The lowest BCUT2D eigenvalue weighted by Crippen LogP contribution is -2.11. The second-order valence-electron chi connectivity index (χ2n) is 4.92. The minimum absolute atomic E-state index is 0.295. The van der Waals surface area contributed by atoms with Crippen LogP contribution in [-0.4, -0.2) is 23.5 Å². The average molecular weight is 295 g/mol. The van der Waals surface area contributed by atoms with E-state index in [2.05, 4.69) is 10.4 Å². The van der Waals surface area contributed by atoms with Gasteiger partial charge in [-0.05, 0) is 13.0 Å². The number of methoxy groups -OCH3 is 1. The average Bonchev–Trinajstić information content (AvgIpc) is 2.76. The standard InChI is InChI=1S/C15H19F2N3O/c1-10(13-5-4-11(16)8-14(13)17)18-15-9-12(6-7-21-3)19-20(15)2/h4-5,8-10,18H,6-7H2,1-3H3/t10-/m0/s1. The van der Waals surface area contributed by atoms with Crippen LogP contribution in [0.2, 0.25) is 0 Å². The van der Waals surface area contributed by atoms with Crippen molar-refractivity contribution in [1.29, 1.82) is 0 Å². The molecule has 1 aromatic heterocycles. The van der Waals surface area contributed by atoms with E-state index in [0.717, 1.165) is 17.6 Å². The molecule has 1 N–H and O–H groups in total. The molecule has 114 valence electrons. The summed E-state index contributed by atoms with van der Waals surface area (Å²) in [6.07, 6.45) is 0.714. The largest absolute Gasteiger partial charge is 0.384 e. The Kier molecular flexibility index (Phi) is 4.90. The zero-order valence-electron chi connectivity index (χ0n) is 12.4. The first-order valence-electron chi connectivity index (χ1n) is 6.74. The Morgan fingerprint density at radius 2 is 2.10 bits per heavy atom. The summed E-state index contributed by atoms with van der Waals surface area (Å²) in [7, 11) is 3.45. The monoisotopic (exact) mass is 295 g/mol. The first-order chi connectivity index (χ1) is 10.0. The summed E-state index contributed by atoms with van der Waals surface area (Å²) in [5, 5.41) is 7.53. The first kappa shape index (κ1) is 15.4. The number of nitrogens with zero attached hydrogens (tertiary/aromatic N) is 2. The van der Waals surface area contributed by atoms with Crippen LogP contribution in [0.5, 0.6) is 0 Å². The number of halogens is 2. The number of rotatable bonds is 6. The van der Waals surface area contributed by atoms with Crippen molar-refractivity contribution in [2.24, 2.45) is 7.05 Å². The maximum absolute atomic E-state index is 13.8. The normalized spacial score (nSPS) is 12.4. The van der Waals surface area contributed by atoms with Crippen LogP contribution in [0.3, 0.4) is 0 Å². The molecule has 0 fully saturated rings. The number of anilines is 1. The highest BCUT2D eigenvalue weighted by Crippen LogP contribution is 2.22. The van der Waals surface area contributed by atoms with Crippen LogP contribution < -0.4 is 5.32 Å². The molecule has 1 atom stereocenters. The zero-order valence-corrected chi connectivity index (χ0v) is 12.4. The summed E-state index contributed by atoms with van der Waals surface area (Å²) < 4.78 is 33.4. The Morgan fingerprint density at radius 3 is 2.76 bits per heavy atom. The molecule has 0 radical (unpaired) electrons. The fraction of sp³-hybridized carbons (Fsp3) is 0.400. The second kappa shape index (κ2) is 6.67. The van der Waals surface area contributed by atoms with Crippen LogP contribution in [0.1, 0.15) is 24.2 Å². The lowest BCUT2D eigenvalue weighted by Gasteiger charge is -2.16. The van der Waals surface area contributed by atoms with Crippen LogP contribution in [0.4, 0.5) is 14.6 Å². The smallest absolute Gasteiger partial charge is 0.131 e. The van der Waals surface area contributed by atoms with Gasteiger partial charge in [0.05, 0.1) is 18.3 Å². The summed E-state index contributed by atoms with van der Waals surface area (Å²) >= 11 is 0. The van der Waals surface area contributed by atoms with Crippen molar-refractivity contribution in [3.05, 3.63) is 47.2 Å². The van der Waals surface area contributed by atoms with Crippen molar-refractivity contribution in [2.45, 2.75) is 19.4 Å². The Bertz CT molecular complexity index is 613. The molecule has 0 spiro atoms. The molecule has 6 heteroatoms. The van der Waals surface area contributed by atoms with E-state index < -0.39 is 11.6 Å². The number of aryl methyl sites for hydroxylation is 1. The number of nitrogens with one attached hydrogen (secondary N) is 1. The molecule has 4 nitrogen and oxygen atoms in total. The van der Waals surface area contributed by atoms with Gasteiger partial charge in [0.15, 0.2) is 0 Å². The van der Waals surface area contributed by atoms with Crippen molar-refractivity contribution in [3.63, 3.8) is 0 Å². The molecule has 0 bridgehead atoms. The number of hydrogen-bond acceptors (Lipinski definition) is 3. The van der Waals surface area contributed by atoms with Crippen LogP contribution in [0.25, 0.3) is 0 Å². The Balaban J connectivity index is 2.11. The molecule has 2 aromatic rings. The van der Waals surface area contributed by atoms with Gasteiger partial charge in [-0.1, -0.05) is 6.07 Å². The van der Waals surface area contributed by atoms with Gasteiger partial charge < -0.3 is 10.1 Å². The molecule has 0 aliphatic rings. The van der Waals surface area contributed by atoms with E-state index in [1.54, 1.807) is 11.8 Å². The zero-order chi connectivity index (χ0) is 15.4. The molecule has 0 saturated heterocycles. The maximum atomic E-state index is 13.8. The van der Waals surface area contributed by atoms with E-state index in [4.69, 9.17) is 4.74 Å². The molecular weight excluding hydrogens is 276 g/mol. The third kappa shape index (κ3) is 3.78. The fourth-order valence-corrected chi connectivity index (χ4v) is 2.14. The molecule has 0 aliphatic heterocycles. The Hall–Kier alpha value is -1.95. The number of ether oxygens (including phenoxy) is 1. The molecule has 0 aliphatic carbocycles. The number of hydrogen-bond donors (Lipinski definition) is 1. The van der Waals surface area contributed by atoms with Crippen LogP contribution in [0, 0.1) is 11.6 Å². The van der Waals surface area contributed by atoms with E-state index in [9.17, 15) is 8.78 Å². The van der Waals surface area contributed by atoms with Gasteiger partial charge in [-0.15, -0.1) is 0 Å². The third-order valence-corrected chi connectivity index (χ3v) is 3.29. The number of benzene rings is 1. The van der Waals surface area contributed by atoms with Crippen molar-refractivity contribution < 1.29 is 13.5 Å². The van der Waals surface area contributed by atoms with Gasteiger partial charge in [0.25, 0.3) is 0 Å². The van der Waals surface area contributed by atoms with E-state index in [-0.39, 0.29) is 6.04 Å². The van der Waals surface area contributed by atoms with Gasteiger partial charge in [0, 0.05) is 38.3 Å². The van der Waals surface area contributed by atoms with Crippen LogP contribution >= 0.6 is 0 Å². The fourth-order valence-electron chi connectivity index (χ4n) is 2.14. The van der Waals surface area contributed by atoms with E-state index in [1.165, 1.54) is 12.1 Å². The molecule has 0 amide bonds. The first-order valence-corrected chi connectivity index (χ1v) is 6.74. The molecular formula is C15H19F2N3O. The number of aromatic nitrogens is 2. The van der Waals surface area contributed by atoms with Gasteiger partial charge in [-0.25, -0.2) is 8.78 Å². The molecule has 0 saturated carbocycles. The lowest BCUT2D eigenvalue weighted by molar-refractivity contribution is 0.201. The minimum Gasteiger partial charge on any atom is -0.384 e. The highest BCUT2D eigenvalue weighted by atomic mass is 19.1. The summed E-state index contributed by atoms with van der Waals surface area (Å²) in [5.41, 5.74) is 1.31. The van der Waals surface area contributed by atoms with Crippen LogP contribution in [-0.2, 0) is 18.2 Å².